The van der Waals surface area contributed by atoms with Crippen molar-refractivity contribution in [2.45, 2.75) is 32.4 Å². The lowest BCUT2D eigenvalue weighted by atomic mass is 9.90. The molecule has 0 aliphatic carbocycles. The summed E-state index contributed by atoms with van der Waals surface area (Å²) in [7, 11) is 2.05. The Balaban J connectivity index is 1.73. The number of carbonyl (C=O) groups is 2. The molecule has 0 bridgehead atoms. The summed E-state index contributed by atoms with van der Waals surface area (Å²) in [5.74, 6) is -2.47. The lowest BCUT2D eigenvalue weighted by Gasteiger charge is -2.40. The van der Waals surface area contributed by atoms with E-state index in [2.05, 4.69) is 34.5 Å². The number of rotatable bonds is 3. The summed E-state index contributed by atoms with van der Waals surface area (Å²) in [6, 6.07) is 5.22. The van der Waals surface area contributed by atoms with Gasteiger partial charge >= 0.3 is 11.8 Å². The summed E-state index contributed by atoms with van der Waals surface area (Å²) in [5.41, 5.74) is 0.0983. The van der Waals surface area contributed by atoms with Crippen molar-refractivity contribution in [1.82, 2.24) is 14.7 Å². The molecule has 0 saturated carbocycles. The summed E-state index contributed by atoms with van der Waals surface area (Å²) in [6.45, 7) is 5.00. The third kappa shape index (κ3) is 4.68. The molecule has 2 amide bonds. The van der Waals surface area contributed by atoms with Crippen molar-refractivity contribution in [1.29, 1.82) is 0 Å². The lowest BCUT2D eigenvalue weighted by molar-refractivity contribution is -0.133. The first-order valence-electron chi connectivity index (χ1n) is 9.22. The van der Waals surface area contributed by atoms with Crippen LogP contribution in [-0.2, 0) is 9.59 Å². The molecule has 156 valence electrons. The van der Waals surface area contributed by atoms with E-state index in [0.29, 0.717) is 6.04 Å². The zero-order chi connectivity index (χ0) is 21.3. The number of benzene rings is 1. The van der Waals surface area contributed by atoms with Crippen LogP contribution in [0.1, 0.15) is 26.3 Å². The van der Waals surface area contributed by atoms with E-state index in [1.807, 2.05) is 7.05 Å². The van der Waals surface area contributed by atoms with Gasteiger partial charge in [-0.3, -0.25) is 9.59 Å². The van der Waals surface area contributed by atoms with Crippen LogP contribution >= 0.6 is 11.6 Å². The Morgan fingerprint density at radius 1 is 1.24 bits per heavy atom. The summed E-state index contributed by atoms with van der Waals surface area (Å²) < 4.78 is 15.1. The van der Waals surface area contributed by atoms with Crippen LogP contribution < -0.4 is 10.6 Å². The highest BCUT2D eigenvalue weighted by Gasteiger charge is 2.32. The van der Waals surface area contributed by atoms with E-state index in [1.54, 1.807) is 4.68 Å². The highest BCUT2D eigenvalue weighted by atomic mass is 35.5. The van der Waals surface area contributed by atoms with E-state index in [9.17, 15) is 19.1 Å². The van der Waals surface area contributed by atoms with Gasteiger partial charge in [-0.1, -0.05) is 18.5 Å². The monoisotopic (exact) mass is 423 g/mol. The summed E-state index contributed by atoms with van der Waals surface area (Å²) in [4.78, 5) is 26.8. The second-order valence-corrected chi connectivity index (χ2v) is 7.85. The van der Waals surface area contributed by atoms with Crippen LogP contribution in [0.5, 0.6) is 5.88 Å². The molecule has 0 spiro atoms. The second-order valence-electron chi connectivity index (χ2n) is 7.44. The van der Waals surface area contributed by atoms with Gasteiger partial charge < -0.3 is 20.6 Å². The SMILES string of the molecule is CC1CN(C)C(C)CC1n1nc(O)cc1NC(=O)C(=O)Nc1ccc(Cl)c(F)c1. The first kappa shape index (κ1) is 21.1. The molecule has 2 aromatic rings. The van der Waals surface area contributed by atoms with Gasteiger partial charge in [0.15, 0.2) is 0 Å². The van der Waals surface area contributed by atoms with Crippen molar-refractivity contribution in [3.8, 4) is 5.88 Å². The summed E-state index contributed by atoms with van der Waals surface area (Å²) >= 11 is 5.61. The molecule has 10 heteroatoms. The van der Waals surface area contributed by atoms with Crippen molar-refractivity contribution >= 4 is 34.9 Å². The molecule has 3 atom stereocenters. The maximum Gasteiger partial charge on any atom is 0.315 e. The minimum Gasteiger partial charge on any atom is -0.492 e. The Kier molecular flexibility index (Phi) is 6.09. The minimum absolute atomic E-state index is 0.0502. The highest BCUT2D eigenvalue weighted by molar-refractivity contribution is 6.43. The van der Waals surface area contributed by atoms with Gasteiger partial charge in [0.05, 0.1) is 11.1 Å². The smallest absolute Gasteiger partial charge is 0.315 e. The van der Waals surface area contributed by atoms with Gasteiger partial charge in [-0.2, -0.15) is 0 Å². The number of halogens is 2. The number of aromatic hydroxyl groups is 1. The first-order valence-corrected chi connectivity index (χ1v) is 9.59. The third-order valence-electron chi connectivity index (χ3n) is 5.23. The average Bonchev–Trinajstić information content (AvgIpc) is 3.01. The highest BCUT2D eigenvalue weighted by Crippen LogP contribution is 2.34. The molecular formula is C19H23ClFN5O3. The lowest BCUT2D eigenvalue weighted by Crippen LogP contribution is -2.44. The molecule has 2 heterocycles. The van der Waals surface area contributed by atoms with Crippen LogP contribution in [0.4, 0.5) is 15.9 Å². The Hall–Kier alpha value is -2.65. The molecule has 1 fully saturated rings. The predicted octanol–water partition coefficient (Wildman–Crippen LogP) is 2.86. The van der Waals surface area contributed by atoms with Gasteiger partial charge in [-0.15, -0.1) is 5.10 Å². The molecule has 3 N–H and O–H groups in total. The van der Waals surface area contributed by atoms with Crippen LogP contribution in [0.25, 0.3) is 0 Å². The number of likely N-dealkylation sites (tertiary alicyclic amines) is 1. The normalized spacial score (nSPS) is 22.3. The molecule has 8 nitrogen and oxygen atoms in total. The van der Waals surface area contributed by atoms with Gasteiger partial charge in [0, 0.05) is 24.3 Å². The number of nitrogens with one attached hydrogen (secondary N) is 2. The zero-order valence-electron chi connectivity index (χ0n) is 16.3. The fraction of sp³-hybridized carbons (Fsp3) is 0.421. The number of hydrogen-bond donors (Lipinski definition) is 3. The van der Waals surface area contributed by atoms with Crippen LogP contribution in [-0.4, -0.2) is 51.2 Å². The Morgan fingerprint density at radius 3 is 2.62 bits per heavy atom. The Morgan fingerprint density at radius 2 is 1.93 bits per heavy atom. The quantitative estimate of drug-likeness (QED) is 0.659. The van der Waals surface area contributed by atoms with Crippen molar-refractivity contribution in [2.75, 3.05) is 24.2 Å². The number of piperidine rings is 1. The van der Waals surface area contributed by atoms with Crippen LogP contribution in [0.2, 0.25) is 5.02 Å². The molecule has 0 radical (unpaired) electrons. The molecule has 1 saturated heterocycles. The molecule has 1 aliphatic rings. The summed E-state index contributed by atoms with van der Waals surface area (Å²) in [6.07, 6.45) is 0.776. The molecule has 1 aliphatic heterocycles. The second kappa shape index (κ2) is 8.38. The maximum absolute atomic E-state index is 13.5. The summed E-state index contributed by atoms with van der Waals surface area (Å²) in [5, 5.41) is 18.7. The predicted molar refractivity (Wildman–Crippen MR) is 107 cm³/mol. The number of aromatic nitrogens is 2. The molecule has 3 unspecified atom stereocenters. The number of nitrogens with zero attached hydrogens (tertiary/aromatic N) is 3. The Labute approximate surface area is 172 Å². The van der Waals surface area contributed by atoms with Gasteiger partial charge in [0.1, 0.15) is 11.6 Å². The Bertz CT molecular complexity index is 935. The molecular weight excluding hydrogens is 401 g/mol. The fourth-order valence-corrected chi connectivity index (χ4v) is 3.64. The van der Waals surface area contributed by atoms with Crippen molar-refractivity contribution in [3.63, 3.8) is 0 Å². The number of carbonyl (C=O) groups excluding carboxylic acids is 2. The van der Waals surface area contributed by atoms with Crippen LogP contribution in [0, 0.1) is 11.7 Å². The molecule has 1 aromatic heterocycles. The van der Waals surface area contributed by atoms with Crippen molar-refractivity contribution in [3.05, 3.63) is 35.1 Å². The van der Waals surface area contributed by atoms with Gasteiger partial charge in [0.2, 0.25) is 5.88 Å². The first-order chi connectivity index (χ1) is 13.7. The van der Waals surface area contributed by atoms with Crippen LogP contribution in [0.15, 0.2) is 24.3 Å². The average molecular weight is 424 g/mol. The van der Waals surface area contributed by atoms with E-state index in [1.165, 1.54) is 18.2 Å². The largest absolute Gasteiger partial charge is 0.492 e. The topological polar surface area (TPSA) is 99.5 Å². The van der Waals surface area contributed by atoms with Gasteiger partial charge in [0.25, 0.3) is 0 Å². The number of anilines is 2. The molecule has 29 heavy (non-hydrogen) atoms. The van der Waals surface area contributed by atoms with E-state index >= 15 is 0 Å². The number of amides is 2. The van der Waals surface area contributed by atoms with Crippen molar-refractivity contribution in [2.24, 2.45) is 5.92 Å². The van der Waals surface area contributed by atoms with E-state index in [0.717, 1.165) is 19.0 Å². The minimum atomic E-state index is -0.983. The van der Waals surface area contributed by atoms with E-state index < -0.39 is 17.6 Å². The van der Waals surface area contributed by atoms with Crippen molar-refractivity contribution < 1.29 is 19.1 Å². The van der Waals surface area contributed by atoms with Gasteiger partial charge in [-0.05, 0) is 44.5 Å². The molecule has 3 rings (SSSR count). The third-order valence-corrected chi connectivity index (χ3v) is 5.54. The fourth-order valence-electron chi connectivity index (χ4n) is 3.52. The molecule has 1 aromatic carbocycles. The van der Waals surface area contributed by atoms with Gasteiger partial charge in [-0.25, -0.2) is 9.07 Å². The number of hydrogen-bond acceptors (Lipinski definition) is 5. The van der Waals surface area contributed by atoms with E-state index in [4.69, 9.17) is 11.6 Å². The zero-order valence-corrected chi connectivity index (χ0v) is 17.1. The van der Waals surface area contributed by atoms with Crippen LogP contribution in [0.3, 0.4) is 0 Å². The van der Waals surface area contributed by atoms with E-state index in [-0.39, 0.29) is 34.4 Å². The maximum atomic E-state index is 13.5. The standard InChI is InChI=1S/C19H23ClFN5O3/c1-10-9-25(3)11(2)6-15(10)26-16(8-17(27)24-26)23-19(29)18(28)22-12-4-5-13(20)14(21)7-12/h4-5,7-8,10-11,15H,6,9H2,1-3H3,(H,22,28)(H,23,29)(H,24,27).